The van der Waals surface area contributed by atoms with E-state index < -0.39 is 35.2 Å². The van der Waals surface area contributed by atoms with Gasteiger partial charge in [0, 0.05) is 24.3 Å². The van der Waals surface area contributed by atoms with Gasteiger partial charge in [-0.15, -0.1) is 0 Å². The average Bonchev–Trinajstić information content (AvgIpc) is 3.37. The lowest BCUT2D eigenvalue weighted by atomic mass is 10.1. The van der Waals surface area contributed by atoms with Gasteiger partial charge in [-0.1, -0.05) is 105 Å². The van der Waals surface area contributed by atoms with E-state index in [1.54, 1.807) is 0 Å². The molecule has 0 spiro atoms. The van der Waals surface area contributed by atoms with Gasteiger partial charge in [-0.2, -0.15) is 26.3 Å². The molecule has 2 aromatic rings. The molecule has 7 nitrogen and oxygen atoms in total. The maximum atomic E-state index is 11.5. The molecule has 0 bridgehead atoms. The van der Waals surface area contributed by atoms with E-state index in [1.807, 2.05) is 0 Å². The molecule has 1 aliphatic rings. The van der Waals surface area contributed by atoms with Crippen LogP contribution in [-0.4, -0.2) is 46.0 Å². The Morgan fingerprint density at radius 2 is 1.19 bits per heavy atom. The Kier molecular flexibility index (Phi) is 13.4. The molecule has 0 radical (unpaired) electrons. The maximum absolute atomic E-state index is 11.5. The molecule has 0 fully saturated rings. The SMILES string of the molecule is CCCCCCCCCCCCN1C=CN(c2cccc3ccccc23)C1.O=S(=O)(NS(=O)(=O)C(F)(F)F)C(F)(F)F. The summed E-state index contributed by atoms with van der Waals surface area (Å²) < 4.78 is 108. The first kappa shape index (κ1) is 35.7. The Morgan fingerprint density at radius 1 is 0.690 bits per heavy atom. The fourth-order valence-electron chi connectivity index (χ4n) is 4.27. The van der Waals surface area contributed by atoms with Gasteiger partial charge < -0.3 is 9.80 Å². The van der Waals surface area contributed by atoms with E-state index in [2.05, 4.69) is 71.6 Å². The zero-order chi connectivity index (χ0) is 31.4. The van der Waals surface area contributed by atoms with E-state index in [0.717, 1.165) is 6.67 Å². The van der Waals surface area contributed by atoms with Crippen LogP contribution in [0.1, 0.15) is 71.1 Å². The van der Waals surface area contributed by atoms with Gasteiger partial charge in [-0.3, -0.25) is 0 Å². The molecule has 0 aliphatic carbocycles. The van der Waals surface area contributed by atoms with Crippen LogP contribution in [0.5, 0.6) is 0 Å². The number of nitrogens with zero attached hydrogens (tertiary/aromatic N) is 2. The number of fused-ring (bicyclic) bond motifs is 1. The standard InChI is InChI=1S/C25H36N2.C2HF6NO4S2/c1-2-3-4-5-6-7-8-9-10-13-19-26-20-21-27(22-26)25-18-14-16-23-15-11-12-17-24(23)25;3-1(4,5)14(10,11)9-15(12,13)2(6,7)8/h11-12,14-18,20-21H,2-10,13,19,22H2,1H3;9H. The van der Waals surface area contributed by atoms with Crippen LogP contribution < -0.4 is 9.03 Å². The number of alkyl halides is 6. The second-order valence-corrected chi connectivity index (χ2v) is 13.5. The van der Waals surface area contributed by atoms with Gasteiger partial charge in [0.2, 0.25) is 0 Å². The molecule has 0 saturated heterocycles. The number of hydrogen-bond donors (Lipinski definition) is 1. The number of anilines is 1. The first-order valence-corrected chi connectivity index (χ1v) is 16.6. The van der Waals surface area contributed by atoms with Crippen molar-refractivity contribution in [3.05, 3.63) is 54.9 Å². The first-order chi connectivity index (χ1) is 19.6. The number of hydrogen-bond acceptors (Lipinski definition) is 6. The van der Waals surface area contributed by atoms with E-state index >= 15 is 0 Å². The fraction of sp³-hybridized carbons (Fsp3) is 0.556. The van der Waals surface area contributed by atoms with Crippen LogP contribution in [0.25, 0.3) is 10.8 Å². The summed E-state index contributed by atoms with van der Waals surface area (Å²) >= 11 is 0. The molecule has 0 unspecified atom stereocenters. The van der Waals surface area contributed by atoms with E-state index in [9.17, 15) is 43.2 Å². The summed E-state index contributed by atoms with van der Waals surface area (Å²) in [6, 6.07) is 15.3. The molecule has 1 aliphatic heterocycles. The molecular weight excluding hydrogens is 608 g/mol. The van der Waals surface area contributed by atoms with Crippen molar-refractivity contribution in [2.45, 2.75) is 82.1 Å². The Morgan fingerprint density at radius 3 is 1.74 bits per heavy atom. The molecule has 15 heteroatoms. The van der Waals surface area contributed by atoms with Crippen molar-refractivity contribution in [2.24, 2.45) is 0 Å². The zero-order valence-corrected chi connectivity index (χ0v) is 24.9. The second kappa shape index (κ2) is 15.8. The summed E-state index contributed by atoms with van der Waals surface area (Å²) in [5, 5.41) is 2.65. The van der Waals surface area contributed by atoms with Crippen molar-refractivity contribution in [3.63, 3.8) is 0 Å². The minimum Gasteiger partial charge on any atom is -0.358 e. The van der Waals surface area contributed by atoms with Gasteiger partial charge in [0.25, 0.3) is 0 Å². The zero-order valence-electron chi connectivity index (χ0n) is 23.3. The predicted molar refractivity (Wildman–Crippen MR) is 152 cm³/mol. The topological polar surface area (TPSA) is 86.8 Å². The summed E-state index contributed by atoms with van der Waals surface area (Å²) in [6.07, 6.45) is 18.5. The number of halogens is 6. The van der Waals surface area contributed by atoms with Gasteiger partial charge in [0.05, 0.1) is 12.4 Å². The average molecular weight is 646 g/mol. The second-order valence-electron chi connectivity index (χ2n) is 9.88. The van der Waals surface area contributed by atoms with E-state index in [1.165, 1.54) is 87.2 Å². The van der Waals surface area contributed by atoms with Crippen molar-refractivity contribution >= 4 is 36.5 Å². The first-order valence-electron chi connectivity index (χ1n) is 13.7. The lowest BCUT2D eigenvalue weighted by Crippen LogP contribution is -2.45. The molecule has 0 aromatic heterocycles. The monoisotopic (exact) mass is 645 g/mol. The lowest BCUT2D eigenvalue weighted by molar-refractivity contribution is -0.0476. The molecule has 0 saturated carbocycles. The number of unbranched alkanes of at least 4 members (excludes halogenated alkanes) is 9. The smallest absolute Gasteiger partial charge is 0.358 e. The van der Waals surface area contributed by atoms with Crippen molar-refractivity contribution in [3.8, 4) is 0 Å². The van der Waals surface area contributed by atoms with Crippen LogP contribution in [0.15, 0.2) is 54.9 Å². The summed E-state index contributed by atoms with van der Waals surface area (Å²) in [6.45, 7) is 4.44. The summed E-state index contributed by atoms with van der Waals surface area (Å²) in [5.74, 6) is 0. The van der Waals surface area contributed by atoms with Crippen molar-refractivity contribution in [1.29, 1.82) is 0 Å². The molecule has 42 heavy (non-hydrogen) atoms. The number of sulfonamides is 2. The number of nitrogens with one attached hydrogen (secondary N) is 1. The molecule has 1 heterocycles. The highest BCUT2D eigenvalue weighted by molar-refractivity contribution is 8.05. The Balaban J connectivity index is 0.000000351. The van der Waals surface area contributed by atoms with Gasteiger partial charge >= 0.3 is 31.1 Å². The molecular formula is C27H37F6N3O4S2. The highest BCUT2D eigenvalue weighted by Gasteiger charge is 2.55. The lowest BCUT2D eigenvalue weighted by Gasteiger charge is -2.22. The summed E-state index contributed by atoms with van der Waals surface area (Å²) in [4.78, 5) is 4.82. The summed E-state index contributed by atoms with van der Waals surface area (Å²) in [5.41, 5.74) is -11.0. The van der Waals surface area contributed by atoms with Gasteiger partial charge in [-0.25, -0.2) is 16.8 Å². The van der Waals surface area contributed by atoms with Crippen LogP contribution in [0.3, 0.4) is 0 Å². The van der Waals surface area contributed by atoms with Gasteiger partial charge in [0.15, 0.2) is 0 Å². The third-order valence-corrected chi connectivity index (χ3v) is 9.47. The fourth-order valence-corrected chi connectivity index (χ4v) is 6.18. The highest BCUT2D eigenvalue weighted by Crippen LogP contribution is 2.29. The molecule has 238 valence electrons. The van der Waals surface area contributed by atoms with Crippen molar-refractivity contribution < 1.29 is 43.2 Å². The van der Waals surface area contributed by atoms with E-state index in [0.29, 0.717) is 0 Å². The number of benzene rings is 2. The molecule has 0 atom stereocenters. The third-order valence-electron chi connectivity index (χ3n) is 6.50. The minimum absolute atomic E-state index is 0.493. The maximum Gasteiger partial charge on any atom is 0.512 e. The van der Waals surface area contributed by atoms with Crippen molar-refractivity contribution in [1.82, 2.24) is 9.03 Å². The molecule has 0 amide bonds. The molecule has 3 rings (SSSR count). The Bertz CT molecular complexity index is 1320. The van der Waals surface area contributed by atoms with Gasteiger partial charge in [-0.05, 0) is 17.9 Å². The van der Waals surface area contributed by atoms with Crippen molar-refractivity contribution in [2.75, 3.05) is 18.1 Å². The normalized spacial score (nSPS) is 14.4. The van der Waals surface area contributed by atoms with Crippen LogP contribution in [0.4, 0.5) is 32.0 Å². The third kappa shape index (κ3) is 11.0. The Labute approximate surface area is 243 Å². The van der Waals surface area contributed by atoms with Crippen LogP contribution in [-0.2, 0) is 20.0 Å². The van der Waals surface area contributed by atoms with Crippen LogP contribution in [0, 0.1) is 0 Å². The van der Waals surface area contributed by atoms with E-state index in [-0.39, 0.29) is 0 Å². The minimum atomic E-state index is -6.60. The Hall–Kier alpha value is -2.52. The van der Waals surface area contributed by atoms with Gasteiger partial charge in [0.1, 0.15) is 0 Å². The van der Waals surface area contributed by atoms with Crippen LogP contribution in [0.2, 0.25) is 0 Å². The quantitative estimate of drug-likeness (QED) is 0.168. The van der Waals surface area contributed by atoms with E-state index in [4.69, 9.17) is 0 Å². The highest BCUT2D eigenvalue weighted by atomic mass is 32.3. The van der Waals surface area contributed by atoms with Crippen LogP contribution >= 0.6 is 0 Å². The predicted octanol–water partition coefficient (Wildman–Crippen LogP) is 7.59. The largest absolute Gasteiger partial charge is 0.512 e. The summed E-state index contributed by atoms with van der Waals surface area (Å²) in [7, 11) is -13.2. The molecule has 2 aromatic carbocycles. The molecule has 1 N–H and O–H groups in total. The number of rotatable bonds is 14.